The van der Waals surface area contributed by atoms with Crippen molar-refractivity contribution in [2.24, 2.45) is 17.6 Å². The minimum absolute atomic E-state index is 0.0902. The highest BCUT2D eigenvalue weighted by Gasteiger charge is 2.23. The summed E-state index contributed by atoms with van der Waals surface area (Å²) in [6.07, 6.45) is 4.65. The molecule has 1 atom stereocenters. The van der Waals surface area contributed by atoms with Crippen LogP contribution in [-0.4, -0.2) is 18.4 Å². The van der Waals surface area contributed by atoms with Crippen molar-refractivity contribution in [1.82, 2.24) is 5.32 Å². The van der Waals surface area contributed by atoms with Crippen molar-refractivity contribution in [3.8, 4) is 0 Å². The Kier molecular flexibility index (Phi) is 4.34. The number of hydrogen-bond donors (Lipinski definition) is 2. The van der Waals surface area contributed by atoms with E-state index in [4.69, 9.17) is 5.73 Å². The summed E-state index contributed by atoms with van der Waals surface area (Å²) in [5.41, 5.74) is 5.17. The quantitative estimate of drug-likeness (QED) is 0.603. The third kappa shape index (κ3) is 4.63. The molecule has 0 radical (unpaired) electrons. The first-order chi connectivity index (χ1) is 7.13. The van der Waals surface area contributed by atoms with Gasteiger partial charge in [0.25, 0.3) is 0 Å². The van der Waals surface area contributed by atoms with Gasteiger partial charge in [0.05, 0.1) is 0 Å². The summed E-state index contributed by atoms with van der Waals surface area (Å²) in [5, 5.41) is 2.81. The minimum atomic E-state index is -0.434. The van der Waals surface area contributed by atoms with Crippen LogP contribution in [0, 0.1) is 11.8 Å². The molecule has 15 heavy (non-hydrogen) atoms. The van der Waals surface area contributed by atoms with Crippen LogP contribution in [0.2, 0.25) is 0 Å². The van der Waals surface area contributed by atoms with Gasteiger partial charge in [-0.1, -0.05) is 6.08 Å². The molecule has 0 aliphatic heterocycles. The van der Waals surface area contributed by atoms with Crippen LogP contribution in [0.1, 0.15) is 25.7 Å². The van der Waals surface area contributed by atoms with Gasteiger partial charge in [-0.05, 0) is 25.2 Å². The van der Waals surface area contributed by atoms with Gasteiger partial charge in [0.1, 0.15) is 0 Å². The molecule has 1 unspecified atom stereocenters. The summed E-state index contributed by atoms with van der Waals surface area (Å²) >= 11 is 0. The number of amides is 2. The van der Waals surface area contributed by atoms with Gasteiger partial charge in [-0.3, -0.25) is 9.59 Å². The lowest BCUT2D eigenvalue weighted by Crippen LogP contribution is -2.32. The van der Waals surface area contributed by atoms with Crippen LogP contribution in [0.25, 0.3) is 0 Å². The van der Waals surface area contributed by atoms with Gasteiger partial charge in [-0.15, -0.1) is 6.58 Å². The van der Waals surface area contributed by atoms with Gasteiger partial charge in [-0.2, -0.15) is 0 Å². The van der Waals surface area contributed by atoms with Crippen molar-refractivity contribution >= 4 is 11.8 Å². The highest BCUT2D eigenvalue weighted by atomic mass is 16.2. The van der Waals surface area contributed by atoms with Crippen LogP contribution in [-0.2, 0) is 9.59 Å². The van der Waals surface area contributed by atoms with Gasteiger partial charge in [-0.25, -0.2) is 0 Å². The van der Waals surface area contributed by atoms with Crippen molar-refractivity contribution in [1.29, 1.82) is 0 Å². The van der Waals surface area contributed by atoms with Crippen molar-refractivity contribution in [3.05, 3.63) is 12.7 Å². The molecule has 0 aromatic heterocycles. The molecule has 1 fully saturated rings. The molecule has 0 heterocycles. The zero-order valence-corrected chi connectivity index (χ0v) is 8.87. The van der Waals surface area contributed by atoms with Crippen molar-refractivity contribution in [2.45, 2.75) is 25.7 Å². The number of nitrogens with one attached hydrogen (secondary N) is 1. The second kappa shape index (κ2) is 5.53. The molecule has 4 heteroatoms. The molecule has 0 bridgehead atoms. The SMILES string of the molecule is C=CCC(CC(=O)NCC1CC1)C(N)=O. The number of allylic oxidation sites excluding steroid dienone is 1. The predicted octanol–water partition coefficient (Wildman–Crippen LogP) is 0.580. The minimum Gasteiger partial charge on any atom is -0.369 e. The highest BCUT2D eigenvalue weighted by Crippen LogP contribution is 2.27. The molecule has 1 rings (SSSR count). The van der Waals surface area contributed by atoms with E-state index in [1.165, 1.54) is 12.8 Å². The van der Waals surface area contributed by atoms with Gasteiger partial charge < -0.3 is 11.1 Å². The number of hydrogen-bond acceptors (Lipinski definition) is 2. The Morgan fingerprint density at radius 3 is 2.67 bits per heavy atom. The number of carbonyl (C=O) groups excluding carboxylic acids is 2. The molecule has 1 aliphatic rings. The number of nitrogens with two attached hydrogens (primary N) is 1. The number of primary amides is 1. The second-order valence-corrected chi connectivity index (χ2v) is 4.08. The molecule has 1 aliphatic carbocycles. The van der Waals surface area contributed by atoms with Crippen LogP contribution in [0.3, 0.4) is 0 Å². The molecule has 0 aromatic rings. The van der Waals surface area contributed by atoms with Gasteiger partial charge in [0.2, 0.25) is 11.8 Å². The molecule has 0 aromatic carbocycles. The Bertz CT molecular complexity index is 259. The maximum atomic E-state index is 11.4. The normalized spacial score (nSPS) is 16.8. The van der Waals surface area contributed by atoms with Gasteiger partial charge >= 0.3 is 0 Å². The topological polar surface area (TPSA) is 72.2 Å². The van der Waals surface area contributed by atoms with Crippen LogP contribution in [0.15, 0.2) is 12.7 Å². The third-order valence-corrected chi connectivity index (χ3v) is 2.57. The Morgan fingerprint density at radius 1 is 1.53 bits per heavy atom. The lowest BCUT2D eigenvalue weighted by Gasteiger charge is -2.10. The molecular weight excluding hydrogens is 192 g/mol. The smallest absolute Gasteiger partial charge is 0.221 e. The maximum absolute atomic E-state index is 11.4. The van der Waals surface area contributed by atoms with E-state index in [9.17, 15) is 9.59 Å². The fraction of sp³-hybridized carbons (Fsp3) is 0.636. The molecule has 1 saturated carbocycles. The van der Waals surface area contributed by atoms with E-state index in [1.807, 2.05) is 0 Å². The van der Waals surface area contributed by atoms with Crippen molar-refractivity contribution in [2.75, 3.05) is 6.54 Å². The van der Waals surface area contributed by atoms with E-state index in [0.717, 1.165) is 6.54 Å². The zero-order chi connectivity index (χ0) is 11.3. The third-order valence-electron chi connectivity index (χ3n) is 2.57. The number of carbonyl (C=O) groups is 2. The first kappa shape index (κ1) is 11.8. The van der Waals surface area contributed by atoms with E-state index >= 15 is 0 Å². The van der Waals surface area contributed by atoms with E-state index in [1.54, 1.807) is 6.08 Å². The van der Waals surface area contributed by atoms with E-state index in [-0.39, 0.29) is 12.3 Å². The molecule has 0 saturated heterocycles. The molecular formula is C11H18N2O2. The van der Waals surface area contributed by atoms with E-state index in [2.05, 4.69) is 11.9 Å². The van der Waals surface area contributed by atoms with E-state index < -0.39 is 11.8 Å². The first-order valence-corrected chi connectivity index (χ1v) is 5.30. The Labute approximate surface area is 89.9 Å². The predicted molar refractivity (Wildman–Crippen MR) is 57.8 cm³/mol. The largest absolute Gasteiger partial charge is 0.369 e. The summed E-state index contributed by atoms with van der Waals surface area (Å²) in [6, 6.07) is 0. The van der Waals surface area contributed by atoms with Gasteiger partial charge in [0.15, 0.2) is 0 Å². The fourth-order valence-corrected chi connectivity index (χ4v) is 1.38. The molecule has 2 amide bonds. The Balaban J connectivity index is 2.24. The maximum Gasteiger partial charge on any atom is 0.221 e. The first-order valence-electron chi connectivity index (χ1n) is 5.30. The van der Waals surface area contributed by atoms with Crippen molar-refractivity contribution in [3.63, 3.8) is 0 Å². The fourth-order valence-electron chi connectivity index (χ4n) is 1.38. The second-order valence-electron chi connectivity index (χ2n) is 4.08. The summed E-state index contributed by atoms with van der Waals surface area (Å²) in [4.78, 5) is 22.4. The van der Waals surface area contributed by atoms with Crippen LogP contribution >= 0.6 is 0 Å². The lowest BCUT2D eigenvalue weighted by molar-refractivity contribution is -0.128. The Morgan fingerprint density at radius 2 is 2.20 bits per heavy atom. The average molecular weight is 210 g/mol. The standard InChI is InChI=1S/C11H18N2O2/c1-2-3-9(11(12)15)6-10(14)13-7-8-4-5-8/h2,8-9H,1,3-7H2,(H2,12,15)(H,13,14). The Hall–Kier alpha value is -1.32. The van der Waals surface area contributed by atoms with Crippen LogP contribution in [0.5, 0.6) is 0 Å². The lowest BCUT2D eigenvalue weighted by atomic mass is 10.0. The average Bonchev–Trinajstić information content (AvgIpc) is 2.97. The van der Waals surface area contributed by atoms with Crippen molar-refractivity contribution < 1.29 is 9.59 Å². The van der Waals surface area contributed by atoms with Crippen LogP contribution < -0.4 is 11.1 Å². The zero-order valence-electron chi connectivity index (χ0n) is 8.87. The molecule has 84 valence electrons. The van der Waals surface area contributed by atoms with E-state index in [0.29, 0.717) is 12.3 Å². The van der Waals surface area contributed by atoms with Crippen LogP contribution in [0.4, 0.5) is 0 Å². The summed E-state index contributed by atoms with van der Waals surface area (Å²) in [5.74, 6) is -0.286. The molecule has 0 spiro atoms. The molecule has 3 N–H and O–H groups in total. The monoisotopic (exact) mass is 210 g/mol. The summed E-state index contributed by atoms with van der Waals surface area (Å²) < 4.78 is 0. The van der Waals surface area contributed by atoms with Gasteiger partial charge in [0, 0.05) is 18.9 Å². The summed E-state index contributed by atoms with van der Waals surface area (Å²) in [7, 11) is 0. The number of rotatable bonds is 7. The highest BCUT2D eigenvalue weighted by molar-refractivity contribution is 5.84. The molecule has 4 nitrogen and oxygen atoms in total. The summed E-state index contributed by atoms with van der Waals surface area (Å²) in [6.45, 7) is 4.27.